The Hall–Kier alpha value is -3.12. The molecular formula is C51H57ClZr. The minimum atomic E-state index is -3.03. The van der Waals surface area contributed by atoms with Crippen LogP contribution in [0.4, 0.5) is 0 Å². The summed E-state index contributed by atoms with van der Waals surface area (Å²) in [6.07, 6.45) is 8.21. The molecule has 0 atom stereocenters. The number of hydrogen-bond donors (Lipinski definition) is 0. The van der Waals surface area contributed by atoms with Crippen molar-refractivity contribution in [2.24, 2.45) is 0 Å². The van der Waals surface area contributed by atoms with Crippen LogP contribution in [0, 0.1) is 0 Å². The maximum absolute atomic E-state index is 6.92. The first-order chi connectivity index (χ1) is 24.7. The van der Waals surface area contributed by atoms with Crippen molar-refractivity contribution in [3.63, 3.8) is 0 Å². The number of rotatable bonds is 4. The molecule has 7 rings (SSSR count). The van der Waals surface area contributed by atoms with Gasteiger partial charge in [0.2, 0.25) is 0 Å². The van der Waals surface area contributed by atoms with E-state index < -0.39 is 21.3 Å². The van der Waals surface area contributed by atoms with Crippen molar-refractivity contribution in [1.29, 1.82) is 0 Å². The summed E-state index contributed by atoms with van der Waals surface area (Å²) < 4.78 is 3.49. The van der Waals surface area contributed by atoms with Crippen LogP contribution in [-0.4, -0.2) is 3.21 Å². The zero-order valence-electron chi connectivity index (χ0n) is 34.1. The van der Waals surface area contributed by atoms with E-state index in [2.05, 4.69) is 186 Å². The topological polar surface area (TPSA) is 0 Å². The molecule has 5 aromatic carbocycles. The fourth-order valence-corrected chi connectivity index (χ4v) is 18.0. The number of allylic oxidation sites excluding steroid dienone is 4. The van der Waals surface area contributed by atoms with Crippen molar-refractivity contribution in [1.82, 2.24) is 0 Å². The van der Waals surface area contributed by atoms with Gasteiger partial charge in [-0.2, -0.15) is 0 Å². The summed E-state index contributed by atoms with van der Waals surface area (Å²) >= 11 is 3.90. The van der Waals surface area contributed by atoms with Crippen LogP contribution in [0.25, 0.3) is 21.9 Å². The molecule has 0 heterocycles. The van der Waals surface area contributed by atoms with Crippen LogP contribution in [0.15, 0.2) is 113 Å². The molecule has 0 amide bonds. The molecule has 5 aromatic rings. The number of fused-ring (bicyclic) bond motifs is 4. The zero-order chi connectivity index (χ0) is 38.2. The predicted octanol–water partition coefficient (Wildman–Crippen LogP) is 14.5. The standard InChI is InChI=1S/C29H41.C17H11Cl.C5H5.Zr/c1-26(2,3)22-14-18-13-19-15-23(27(4,5)6)25(29(10,11)12)17-21(19)20(18)16-24(22)28(7,8)9;18-16-9-3-5-13(12-16)11-15-8-4-7-14-6-1-2-10-17(14)15;1-2-4-5-3-1;/h13-17H,1-12H3;1-10,12H;1-3H,4H2;. The van der Waals surface area contributed by atoms with Crippen molar-refractivity contribution in [3.05, 3.63) is 162 Å². The van der Waals surface area contributed by atoms with Gasteiger partial charge in [-0.25, -0.2) is 0 Å². The van der Waals surface area contributed by atoms with Crippen LogP contribution in [-0.2, 0) is 42.9 Å². The van der Waals surface area contributed by atoms with Gasteiger partial charge < -0.3 is 0 Å². The second-order valence-electron chi connectivity index (χ2n) is 19.6. The van der Waals surface area contributed by atoms with Crippen LogP contribution >= 0.6 is 11.6 Å². The quantitative estimate of drug-likeness (QED) is 0.170. The summed E-state index contributed by atoms with van der Waals surface area (Å²) in [5, 5.41) is 3.40. The molecule has 0 fully saturated rings. The van der Waals surface area contributed by atoms with Gasteiger partial charge in [0, 0.05) is 0 Å². The van der Waals surface area contributed by atoms with Gasteiger partial charge in [-0.05, 0) is 0 Å². The van der Waals surface area contributed by atoms with E-state index in [0.717, 1.165) is 11.4 Å². The molecule has 0 radical (unpaired) electrons. The van der Waals surface area contributed by atoms with Gasteiger partial charge in [0.15, 0.2) is 0 Å². The Kier molecular flexibility index (Phi) is 9.77. The summed E-state index contributed by atoms with van der Waals surface area (Å²) in [5.74, 6) is 0. The molecule has 0 saturated carbocycles. The van der Waals surface area contributed by atoms with E-state index in [0.29, 0.717) is 3.63 Å². The first kappa shape index (κ1) is 38.2. The first-order valence-corrected chi connectivity index (χ1v) is 23.7. The summed E-state index contributed by atoms with van der Waals surface area (Å²) in [6.45, 7) is 28.8. The van der Waals surface area contributed by atoms with Crippen LogP contribution < -0.4 is 0 Å². The van der Waals surface area contributed by atoms with Crippen molar-refractivity contribution in [2.45, 2.75) is 115 Å². The van der Waals surface area contributed by atoms with Crippen molar-refractivity contribution in [3.8, 4) is 11.1 Å². The number of halogens is 1. The molecule has 2 aliphatic carbocycles. The van der Waals surface area contributed by atoms with Crippen LogP contribution in [0.1, 0.15) is 138 Å². The van der Waals surface area contributed by atoms with Crippen molar-refractivity contribution < 1.29 is 21.3 Å². The Morgan fingerprint density at radius 2 is 1.09 bits per heavy atom. The Balaban J connectivity index is 1.72. The second-order valence-corrected chi connectivity index (χ2v) is 26.2. The summed E-state index contributed by atoms with van der Waals surface area (Å²) in [6, 6.07) is 35.2. The zero-order valence-corrected chi connectivity index (χ0v) is 37.3. The molecule has 0 aromatic heterocycles. The fourth-order valence-electron chi connectivity index (χ4n) is 8.82. The van der Waals surface area contributed by atoms with E-state index in [-0.39, 0.29) is 21.7 Å². The number of benzene rings is 5. The molecule has 0 bridgehead atoms. The van der Waals surface area contributed by atoms with Crippen LogP contribution in [0.5, 0.6) is 0 Å². The van der Waals surface area contributed by atoms with Crippen molar-refractivity contribution >= 4 is 25.6 Å². The molecule has 0 unspecified atom stereocenters. The molecule has 0 N–H and O–H groups in total. The molecule has 2 heteroatoms. The average molecular weight is 797 g/mol. The van der Waals surface area contributed by atoms with E-state index in [9.17, 15) is 0 Å². The van der Waals surface area contributed by atoms with Crippen molar-refractivity contribution in [2.75, 3.05) is 0 Å². The van der Waals surface area contributed by atoms with Crippen LogP contribution in [0.3, 0.4) is 0 Å². The Labute approximate surface area is 332 Å². The molecule has 272 valence electrons. The van der Waals surface area contributed by atoms with Gasteiger partial charge in [0.05, 0.1) is 0 Å². The average Bonchev–Trinajstić information content (AvgIpc) is 3.71. The van der Waals surface area contributed by atoms with Gasteiger partial charge in [-0.15, -0.1) is 0 Å². The Bertz CT molecular complexity index is 2260. The maximum atomic E-state index is 6.92. The molecule has 2 aliphatic rings. The second kappa shape index (κ2) is 13.6. The van der Waals surface area contributed by atoms with Gasteiger partial charge in [-0.3, -0.25) is 0 Å². The summed E-state index contributed by atoms with van der Waals surface area (Å²) in [7, 11) is 0. The molecule has 0 saturated heterocycles. The van der Waals surface area contributed by atoms with Gasteiger partial charge >= 0.3 is 335 Å². The summed E-state index contributed by atoms with van der Waals surface area (Å²) in [4.78, 5) is 0. The SMILES string of the molecule is CC(C)(C)c1cc2c(cc1C(C)(C)C)[CH]([Zr]([C]1=CC=CC1)=[C](c1cccc(Cl)c1)c1cccc3ccccc13)c1cc(C(C)(C)C)c(C(C)(C)C)cc1-2. The van der Waals surface area contributed by atoms with E-state index in [1.54, 1.807) is 6.49 Å². The van der Waals surface area contributed by atoms with E-state index in [1.165, 1.54) is 66.4 Å². The first-order valence-electron chi connectivity index (χ1n) is 19.5. The van der Waals surface area contributed by atoms with E-state index in [1.807, 2.05) is 6.07 Å². The molecule has 0 spiro atoms. The third-order valence-corrected chi connectivity index (χ3v) is 19.9. The molecule has 53 heavy (non-hydrogen) atoms. The van der Waals surface area contributed by atoms with Crippen LogP contribution in [0.2, 0.25) is 5.02 Å². The monoisotopic (exact) mass is 794 g/mol. The Morgan fingerprint density at radius 1 is 0.585 bits per heavy atom. The van der Waals surface area contributed by atoms with E-state index >= 15 is 0 Å². The molecule has 0 aliphatic heterocycles. The third kappa shape index (κ3) is 7.12. The normalized spacial score (nSPS) is 15.5. The third-order valence-electron chi connectivity index (χ3n) is 11.4. The molecular weight excluding hydrogens is 739 g/mol. The fraction of sp³-hybridized carbons (Fsp3) is 0.353. The van der Waals surface area contributed by atoms with E-state index in [4.69, 9.17) is 11.6 Å². The minimum absolute atomic E-state index is 0.00303. The summed E-state index contributed by atoms with van der Waals surface area (Å²) in [5.41, 5.74) is 14.5. The Morgan fingerprint density at radius 3 is 1.60 bits per heavy atom. The number of hydrogen-bond acceptors (Lipinski definition) is 0. The van der Waals surface area contributed by atoms with Gasteiger partial charge in [0.25, 0.3) is 0 Å². The van der Waals surface area contributed by atoms with Gasteiger partial charge in [0.1, 0.15) is 0 Å². The van der Waals surface area contributed by atoms with Gasteiger partial charge in [-0.1, -0.05) is 0 Å². The molecule has 0 nitrogen and oxygen atoms in total. The predicted molar refractivity (Wildman–Crippen MR) is 229 cm³/mol.